The number of hydrogen-bond acceptors (Lipinski definition) is 10. The first kappa shape index (κ1) is 21.0. The Morgan fingerprint density at radius 3 is 1.20 bits per heavy atom. The molecule has 2 N–H and O–H groups in total. The minimum Gasteiger partial charge on any atom is -0.324 e. The molecule has 12 heteroatoms. The molecule has 0 fully saturated rings. The topological polar surface area (TPSA) is 160 Å². The molecule has 2 aromatic carbocycles. The quantitative estimate of drug-likeness (QED) is 0.293. The Morgan fingerprint density at radius 2 is 0.725 bits per heavy atom. The fraction of sp³-hybridized carbons (Fsp3) is 0. The molecule has 0 saturated heterocycles. The van der Waals surface area contributed by atoms with Crippen LogP contribution >= 0.6 is 0 Å². The average molecular weight is 519 g/mol. The Balaban J connectivity index is 1.51. The summed E-state index contributed by atoms with van der Waals surface area (Å²) < 4.78 is 0. The highest BCUT2D eigenvalue weighted by atomic mass is 15.1. The van der Waals surface area contributed by atoms with E-state index in [1.807, 2.05) is 48.5 Å². The number of aromatic amines is 2. The van der Waals surface area contributed by atoms with Crippen molar-refractivity contribution in [3.63, 3.8) is 0 Å². The van der Waals surface area contributed by atoms with E-state index < -0.39 is 0 Å². The van der Waals surface area contributed by atoms with Gasteiger partial charge in [0.05, 0.1) is 46.7 Å². The van der Waals surface area contributed by atoms with E-state index in [0.717, 1.165) is 43.8 Å². The molecule has 2 aliphatic rings. The second kappa shape index (κ2) is 7.74. The van der Waals surface area contributed by atoms with Crippen molar-refractivity contribution < 1.29 is 0 Å². The number of rotatable bonds is 0. The van der Waals surface area contributed by atoms with E-state index in [1.165, 1.54) is 0 Å². The maximum Gasteiger partial charge on any atom is 0.166 e. The Hall–Kier alpha value is -6.04. The fourth-order valence-corrected chi connectivity index (χ4v) is 5.20. The predicted molar refractivity (Wildman–Crippen MR) is 147 cm³/mol. The number of benzene rings is 2. The van der Waals surface area contributed by atoms with Crippen LogP contribution in [0, 0.1) is 0 Å². The molecule has 12 nitrogen and oxygen atoms in total. The summed E-state index contributed by atoms with van der Waals surface area (Å²) in [7, 11) is 0. The first-order valence-corrected chi connectivity index (χ1v) is 12.4. The Bertz CT molecular complexity index is 2030. The normalized spacial score (nSPS) is 12.0. The summed E-state index contributed by atoms with van der Waals surface area (Å²) >= 11 is 0. The lowest BCUT2D eigenvalue weighted by Gasteiger charge is -1.96. The molecule has 8 bridgehead atoms. The van der Waals surface area contributed by atoms with Gasteiger partial charge >= 0.3 is 0 Å². The van der Waals surface area contributed by atoms with Gasteiger partial charge in [-0.15, -0.1) is 0 Å². The summed E-state index contributed by atoms with van der Waals surface area (Å²) in [5, 5.41) is 19.6. The standard InChI is InChI=1S/C28H14N12/c1-3-7-15-13(5-1)21-33-22-14-6-2-4-8-16(14)24(35-22)37-26-18-10-30-32-12-20(18)28(39-26)40-27-19-11-31-29-9-17(19)25(38-27)36-23(15)34-21/h1-12H,(H2,33,34,35,36,37,38,39,40). The van der Waals surface area contributed by atoms with Crippen molar-refractivity contribution in [3.05, 3.63) is 73.3 Å². The number of hydrogen-bond donors (Lipinski definition) is 2. The SMILES string of the molecule is c1ccc2c(c1)-c1nc-2nc2[nH]c(nc3nc(nc4[nH]c(n1)c1ccccc41)-c1cnncc1-3)c1cnncc21. The van der Waals surface area contributed by atoms with Crippen molar-refractivity contribution in [3.8, 4) is 45.6 Å². The third-order valence-corrected chi connectivity index (χ3v) is 7.07. The molecule has 0 radical (unpaired) electrons. The summed E-state index contributed by atoms with van der Waals surface area (Å²) in [4.78, 5) is 36.1. The molecule has 186 valence electrons. The largest absolute Gasteiger partial charge is 0.324 e. The molecule has 40 heavy (non-hydrogen) atoms. The summed E-state index contributed by atoms with van der Waals surface area (Å²) in [5.74, 6) is 1.99. The first-order valence-electron chi connectivity index (χ1n) is 12.4. The lowest BCUT2D eigenvalue weighted by molar-refractivity contribution is 1.03. The van der Waals surface area contributed by atoms with Crippen LogP contribution in [0.15, 0.2) is 73.3 Å². The number of H-pyrrole nitrogens is 2. The van der Waals surface area contributed by atoms with E-state index in [1.54, 1.807) is 24.8 Å². The lowest BCUT2D eigenvalue weighted by atomic mass is 10.1. The van der Waals surface area contributed by atoms with Gasteiger partial charge in [-0.3, -0.25) is 0 Å². The lowest BCUT2D eigenvalue weighted by Crippen LogP contribution is -1.86. The smallest absolute Gasteiger partial charge is 0.166 e. The monoisotopic (exact) mass is 518 g/mol. The van der Waals surface area contributed by atoms with Crippen LogP contribution in [0.4, 0.5) is 0 Å². The van der Waals surface area contributed by atoms with Gasteiger partial charge < -0.3 is 9.97 Å². The summed E-state index contributed by atoms with van der Waals surface area (Å²) in [6.45, 7) is 0. The summed E-state index contributed by atoms with van der Waals surface area (Å²) in [5.41, 5.74) is 5.55. The van der Waals surface area contributed by atoms with Crippen LogP contribution in [0.2, 0.25) is 0 Å². The molecule has 7 aromatic rings. The highest BCUT2D eigenvalue weighted by Crippen LogP contribution is 2.35. The molecule has 0 spiro atoms. The number of nitrogens with one attached hydrogen (secondary N) is 2. The van der Waals surface area contributed by atoms with Crippen molar-refractivity contribution in [2.45, 2.75) is 0 Å². The summed E-state index contributed by atoms with van der Waals surface area (Å²) in [6.07, 6.45) is 6.59. The van der Waals surface area contributed by atoms with Gasteiger partial charge in [0, 0.05) is 21.9 Å². The van der Waals surface area contributed by atoms with Gasteiger partial charge in [-0.25, -0.2) is 29.9 Å². The van der Waals surface area contributed by atoms with Gasteiger partial charge in [-0.2, -0.15) is 20.4 Å². The van der Waals surface area contributed by atoms with Crippen molar-refractivity contribution >= 4 is 44.1 Å². The van der Waals surface area contributed by atoms with Gasteiger partial charge in [0.25, 0.3) is 0 Å². The van der Waals surface area contributed by atoms with E-state index in [2.05, 4.69) is 30.4 Å². The van der Waals surface area contributed by atoms with Crippen molar-refractivity contribution in [2.75, 3.05) is 0 Å². The van der Waals surface area contributed by atoms with Crippen LogP contribution in [0.1, 0.15) is 0 Å². The van der Waals surface area contributed by atoms with Crippen LogP contribution < -0.4 is 0 Å². The highest BCUT2D eigenvalue weighted by molar-refractivity contribution is 6.05. The molecular formula is C28H14N12. The third kappa shape index (κ3) is 2.95. The molecular weight excluding hydrogens is 504 g/mol. The van der Waals surface area contributed by atoms with Crippen LogP contribution in [0.25, 0.3) is 89.7 Å². The van der Waals surface area contributed by atoms with E-state index >= 15 is 0 Å². The number of fused-ring (bicyclic) bond motifs is 20. The zero-order chi connectivity index (χ0) is 26.2. The zero-order valence-corrected chi connectivity index (χ0v) is 20.4. The van der Waals surface area contributed by atoms with Crippen LogP contribution in [-0.4, -0.2) is 60.3 Å². The predicted octanol–water partition coefficient (Wildman–Crippen LogP) is 4.45. The minimum atomic E-state index is 0.446. The Labute approximate surface area is 223 Å². The second-order valence-electron chi connectivity index (χ2n) is 9.33. The fourth-order valence-electron chi connectivity index (χ4n) is 5.20. The molecule has 0 aliphatic carbocycles. The van der Waals surface area contributed by atoms with Crippen molar-refractivity contribution in [2.24, 2.45) is 0 Å². The minimum absolute atomic E-state index is 0.446. The molecule has 0 saturated carbocycles. The van der Waals surface area contributed by atoms with E-state index in [4.69, 9.17) is 29.9 Å². The van der Waals surface area contributed by atoms with E-state index in [0.29, 0.717) is 45.9 Å². The van der Waals surface area contributed by atoms with Gasteiger partial charge in [-0.1, -0.05) is 48.5 Å². The van der Waals surface area contributed by atoms with Crippen LogP contribution in [0.5, 0.6) is 0 Å². The van der Waals surface area contributed by atoms with Gasteiger partial charge in [0.1, 0.15) is 22.6 Å². The second-order valence-corrected chi connectivity index (χ2v) is 9.33. The van der Waals surface area contributed by atoms with Crippen LogP contribution in [-0.2, 0) is 0 Å². The Morgan fingerprint density at radius 1 is 0.350 bits per heavy atom. The first-order chi connectivity index (χ1) is 19.8. The van der Waals surface area contributed by atoms with Gasteiger partial charge in [0.2, 0.25) is 0 Å². The van der Waals surface area contributed by atoms with Gasteiger partial charge in [-0.05, 0) is 0 Å². The molecule has 7 heterocycles. The molecule has 2 aliphatic heterocycles. The van der Waals surface area contributed by atoms with Crippen molar-refractivity contribution in [1.29, 1.82) is 0 Å². The van der Waals surface area contributed by atoms with Crippen molar-refractivity contribution in [1.82, 2.24) is 60.3 Å². The zero-order valence-electron chi connectivity index (χ0n) is 20.4. The van der Waals surface area contributed by atoms with E-state index in [9.17, 15) is 0 Å². The van der Waals surface area contributed by atoms with E-state index in [-0.39, 0.29) is 0 Å². The molecule has 0 unspecified atom stereocenters. The maximum atomic E-state index is 4.97. The Kier molecular flexibility index (Phi) is 4.05. The number of aromatic nitrogens is 12. The third-order valence-electron chi connectivity index (χ3n) is 7.07. The molecule has 0 amide bonds. The molecule has 9 rings (SSSR count). The number of nitrogens with zero attached hydrogens (tertiary/aromatic N) is 10. The van der Waals surface area contributed by atoms with Gasteiger partial charge in [0.15, 0.2) is 23.3 Å². The molecule has 0 atom stereocenters. The summed E-state index contributed by atoms with van der Waals surface area (Å²) in [6, 6.07) is 15.8. The van der Waals surface area contributed by atoms with Crippen LogP contribution in [0.3, 0.4) is 0 Å². The highest BCUT2D eigenvalue weighted by Gasteiger charge is 2.22. The maximum absolute atomic E-state index is 4.97. The average Bonchev–Trinajstić information content (AvgIpc) is 3.73. The molecule has 5 aromatic heterocycles.